The fourth-order valence-electron chi connectivity index (χ4n) is 3.02. The molecule has 3 nitrogen and oxygen atoms in total. The molecule has 2 aromatic rings. The summed E-state index contributed by atoms with van der Waals surface area (Å²) in [7, 11) is 0. The van der Waals surface area contributed by atoms with Gasteiger partial charge in [0.1, 0.15) is 0 Å². The van der Waals surface area contributed by atoms with Crippen LogP contribution >= 0.6 is 11.6 Å². The maximum Gasteiger partial charge on any atom is 0.159 e. The van der Waals surface area contributed by atoms with Gasteiger partial charge in [-0.15, -0.1) is 10.2 Å². The molecule has 0 aliphatic rings. The maximum atomic E-state index is 6.10. The molecule has 0 unspecified atom stereocenters. The summed E-state index contributed by atoms with van der Waals surface area (Å²) in [6.07, 6.45) is 13.5. The first kappa shape index (κ1) is 19.0. The van der Waals surface area contributed by atoms with Gasteiger partial charge in [0.25, 0.3) is 0 Å². The molecule has 0 spiro atoms. The molecule has 0 saturated carbocycles. The Hall–Kier alpha value is -1.35. The predicted octanol–water partition coefficient (Wildman–Crippen LogP) is 6.62. The third kappa shape index (κ3) is 6.27. The minimum absolute atomic E-state index is 0.468. The zero-order valence-electron chi connectivity index (χ0n) is 14.9. The molecule has 0 amide bonds. The van der Waals surface area contributed by atoms with E-state index in [9.17, 15) is 0 Å². The first-order chi connectivity index (χ1) is 11.8. The minimum Gasteiger partial charge on any atom is -0.368 e. The Labute approximate surface area is 151 Å². The first-order valence-electron chi connectivity index (χ1n) is 9.47. The molecule has 0 atom stereocenters. The van der Waals surface area contributed by atoms with E-state index in [1.165, 1.54) is 64.2 Å². The highest BCUT2D eigenvalue weighted by molar-refractivity contribution is 6.34. The van der Waals surface area contributed by atoms with Crippen LogP contribution in [0.1, 0.15) is 71.1 Å². The second kappa shape index (κ2) is 11.2. The molecule has 1 N–H and O–H groups in total. The summed E-state index contributed by atoms with van der Waals surface area (Å²) < 4.78 is 0. The lowest BCUT2D eigenvalue weighted by Gasteiger charge is -2.08. The molecule has 0 aliphatic heterocycles. The van der Waals surface area contributed by atoms with Gasteiger partial charge in [0, 0.05) is 17.3 Å². The summed E-state index contributed by atoms with van der Waals surface area (Å²) in [6, 6.07) is 8.00. The average molecular weight is 348 g/mol. The van der Waals surface area contributed by atoms with Crippen molar-refractivity contribution in [2.24, 2.45) is 0 Å². The van der Waals surface area contributed by atoms with Crippen LogP contribution in [-0.4, -0.2) is 16.7 Å². The number of anilines is 1. The predicted molar refractivity (Wildman–Crippen MR) is 105 cm³/mol. The van der Waals surface area contributed by atoms with Gasteiger partial charge in [0.15, 0.2) is 11.0 Å². The largest absolute Gasteiger partial charge is 0.368 e. The van der Waals surface area contributed by atoms with Crippen LogP contribution in [0.25, 0.3) is 10.8 Å². The average Bonchev–Trinajstić information content (AvgIpc) is 2.61. The van der Waals surface area contributed by atoms with E-state index in [-0.39, 0.29) is 0 Å². The van der Waals surface area contributed by atoms with Gasteiger partial charge in [-0.3, -0.25) is 0 Å². The van der Waals surface area contributed by atoms with Gasteiger partial charge in [0.2, 0.25) is 0 Å². The molecule has 1 heterocycles. The Balaban J connectivity index is 1.59. The zero-order chi connectivity index (χ0) is 17.0. The number of nitrogens with zero attached hydrogens (tertiary/aromatic N) is 2. The van der Waals surface area contributed by atoms with Crippen LogP contribution in [0, 0.1) is 0 Å². The van der Waals surface area contributed by atoms with E-state index in [1.54, 1.807) is 0 Å². The van der Waals surface area contributed by atoms with Crippen molar-refractivity contribution in [3.05, 3.63) is 29.4 Å². The van der Waals surface area contributed by atoms with Crippen LogP contribution in [0.4, 0.5) is 5.82 Å². The lowest BCUT2D eigenvalue weighted by Crippen LogP contribution is -2.05. The third-order valence-electron chi connectivity index (χ3n) is 4.47. The van der Waals surface area contributed by atoms with Gasteiger partial charge in [-0.25, -0.2) is 0 Å². The molecule has 0 fully saturated rings. The molecule has 24 heavy (non-hydrogen) atoms. The number of rotatable bonds is 12. The van der Waals surface area contributed by atoms with Crippen molar-refractivity contribution in [3.8, 4) is 0 Å². The van der Waals surface area contributed by atoms with Gasteiger partial charge in [0.05, 0.1) is 0 Å². The SMILES string of the molecule is CCCCCCCCCCCCNc1nnc(Cl)c2ccccc12. The number of hydrogen-bond acceptors (Lipinski definition) is 3. The number of aromatic nitrogens is 2. The zero-order valence-corrected chi connectivity index (χ0v) is 15.6. The Morgan fingerprint density at radius 2 is 1.38 bits per heavy atom. The van der Waals surface area contributed by atoms with E-state index >= 15 is 0 Å². The van der Waals surface area contributed by atoms with Gasteiger partial charge in [-0.05, 0) is 6.42 Å². The van der Waals surface area contributed by atoms with E-state index in [1.807, 2.05) is 24.3 Å². The number of unbranched alkanes of at least 4 members (excludes halogenated alkanes) is 9. The van der Waals surface area contributed by atoms with Crippen LogP contribution in [0.5, 0.6) is 0 Å². The molecular weight excluding hydrogens is 318 g/mol. The monoisotopic (exact) mass is 347 g/mol. The van der Waals surface area contributed by atoms with Crippen molar-refractivity contribution >= 4 is 28.2 Å². The van der Waals surface area contributed by atoms with Gasteiger partial charge in [-0.2, -0.15) is 0 Å². The Bertz CT molecular complexity index is 600. The summed E-state index contributed by atoms with van der Waals surface area (Å²) in [5.74, 6) is 0.839. The molecule has 0 bridgehead atoms. The van der Waals surface area contributed by atoms with Crippen LogP contribution in [0.2, 0.25) is 5.15 Å². The number of benzene rings is 1. The van der Waals surface area contributed by atoms with E-state index in [4.69, 9.17) is 11.6 Å². The lowest BCUT2D eigenvalue weighted by molar-refractivity contribution is 0.560. The molecular formula is C20H30ClN3. The third-order valence-corrected chi connectivity index (χ3v) is 4.74. The molecule has 4 heteroatoms. The van der Waals surface area contributed by atoms with E-state index in [0.717, 1.165) is 23.1 Å². The first-order valence-corrected chi connectivity index (χ1v) is 9.85. The van der Waals surface area contributed by atoms with E-state index in [2.05, 4.69) is 22.4 Å². The molecule has 2 rings (SSSR count). The van der Waals surface area contributed by atoms with Gasteiger partial charge in [-0.1, -0.05) is 101 Å². The van der Waals surface area contributed by atoms with Crippen molar-refractivity contribution in [1.29, 1.82) is 0 Å². The highest BCUT2D eigenvalue weighted by atomic mass is 35.5. The molecule has 0 saturated heterocycles. The van der Waals surface area contributed by atoms with Gasteiger partial charge < -0.3 is 5.32 Å². The molecule has 1 aromatic carbocycles. The summed E-state index contributed by atoms with van der Waals surface area (Å²) in [4.78, 5) is 0. The molecule has 0 aliphatic carbocycles. The quantitative estimate of drug-likeness (QED) is 0.438. The van der Waals surface area contributed by atoms with E-state index < -0.39 is 0 Å². The number of nitrogens with one attached hydrogen (secondary N) is 1. The maximum absolute atomic E-state index is 6.10. The summed E-state index contributed by atoms with van der Waals surface area (Å²) in [5, 5.41) is 14.1. The van der Waals surface area contributed by atoms with Crippen LogP contribution in [0.3, 0.4) is 0 Å². The Morgan fingerprint density at radius 1 is 0.792 bits per heavy atom. The number of hydrogen-bond donors (Lipinski definition) is 1. The van der Waals surface area contributed by atoms with Crippen molar-refractivity contribution in [1.82, 2.24) is 10.2 Å². The summed E-state index contributed by atoms with van der Waals surface area (Å²) >= 11 is 6.10. The van der Waals surface area contributed by atoms with E-state index in [0.29, 0.717) is 5.15 Å². The Morgan fingerprint density at radius 3 is 2.04 bits per heavy atom. The Kier molecular flexibility index (Phi) is 8.90. The van der Waals surface area contributed by atoms with Crippen molar-refractivity contribution in [3.63, 3.8) is 0 Å². The van der Waals surface area contributed by atoms with Gasteiger partial charge >= 0.3 is 0 Å². The summed E-state index contributed by atoms with van der Waals surface area (Å²) in [6.45, 7) is 3.21. The minimum atomic E-state index is 0.468. The second-order valence-corrected chi connectivity index (χ2v) is 6.85. The van der Waals surface area contributed by atoms with Crippen LogP contribution in [0.15, 0.2) is 24.3 Å². The molecule has 0 radical (unpaired) electrons. The normalized spacial score (nSPS) is 11.1. The van der Waals surface area contributed by atoms with Crippen molar-refractivity contribution in [2.75, 3.05) is 11.9 Å². The topological polar surface area (TPSA) is 37.8 Å². The van der Waals surface area contributed by atoms with Crippen LogP contribution in [-0.2, 0) is 0 Å². The smallest absolute Gasteiger partial charge is 0.159 e. The summed E-state index contributed by atoms with van der Waals surface area (Å²) in [5.41, 5.74) is 0. The highest BCUT2D eigenvalue weighted by Crippen LogP contribution is 2.25. The molecule has 1 aromatic heterocycles. The highest BCUT2D eigenvalue weighted by Gasteiger charge is 2.06. The van der Waals surface area contributed by atoms with Crippen molar-refractivity contribution in [2.45, 2.75) is 71.1 Å². The number of halogens is 1. The van der Waals surface area contributed by atoms with Crippen LogP contribution < -0.4 is 5.32 Å². The molecule has 132 valence electrons. The second-order valence-electron chi connectivity index (χ2n) is 6.49. The number of fused-ring (bicyclic) bond motifs is 1. The fraction of sp³-hybridized carbons (Fsp3) is 0.600. The fourth-order valence-corrected chi connectivity index (χ4v) is 3.22. The lowest BCUT2D eigenvalue weighted by atomic mass is 10.1. The standard InChI is InChI=1S/C20H30ClN3/c1-2-3-4-5-6-7-8-9-10-13-16-22-20-18-15-12-11-14-17(18)19(21)23-24-20/h11-12,14-15H,2-10,13,16H2,1H3,(H,22,24). The van der Waals surface area contributed by atoms with Crippen molar-refractivity contribution < 1.29 is 0 Å².